The zero-order valence-electron chi connectivity index (χ0n) is 11.1. The van der Waals surface area contributed by atoms with E-state index in [2.05, 4.69) is 34.4 Å². The highest BCUT2D eigenvalue weighted by atomic mass is 127. The van der Waals surface area contributed by atoms with Crippen LogP contribution in [0, 0.1) is 9.49 Å². The number of hydrogen-bond donors (Lipinski definition) is 1. The maximum atomic E-state index is 9.86. The third-order valence-electron chi connectivity index (χ3n) is 3.57. The number of methoxy groups -OCH3 is 1. The van der Waals surface area contributed by atoms with Crippen LogP contribution in [0.2, 0.25) is 0 Å². The van der Waals surface area contributed by atoms with Gasteiger partial charge in [-0.05, 0) is 53.5 Å². The fourth-order valence-electron chi connectivity index (χ4n) is 2.25. The fourth-order valence-corrected chi connectivity index (χ4v) is 3.15. The number of piperidine rings is 1. The highest BCUT2D eigenvalue weighted by Crippen LogP contribution is 2.33. The van der Waals surface area contributed by atoms with Gasteiger partial charge in [0.1, 0.15) is 4.99 Å². The first kappa shape index (κ1) is 14.8. The zero-order valence-corrected chi connectivity index (χ0v) is 14.1. The Morgan fingerprint density at radius 2 is 2.05 bits per heavy atom. The maximum absolute atomic E-state index is 9.86. The quantitative estimate of drug-likeness (QED) is 0.619. The van der Waals surface area contributed by atoms with Crippen LogP contribution in [-0.4, -0.2) is 35.2 Å². The molecule has 1 aliphatic rings. The normalized spacial score (nSPS) is 16.5. The second-order valence-corrected chi connectivity index (χ2v) is 6.53. The summed E-state index contributed by atoms with van der Waals surface area (Å²) in [6.45, 7) is 4.31. The van der Waals surface area contributed by atoms with E-state index >= 15 is 0 Å². The number of ether oxygens (including phenoxy) is 1. The number of rotatable bonds is 2. The molecule has 0 aliphatic carbocycles. The van der Waals surface area contributed by atoms with E-state index in [0.717, 1.165) is 33.1 Å². The van der Waals surface area contributed by atoms with Gasteiger partial charge in [-0.2, -0.15) is 0 Å². The Labute approximate surface area is 133 Å². The summed E-state index contributed by atoms with van der Waals surface area (Å²) in [4.78, 5) is 3.10. The van der Waals surface area contributed by atoms with Gasteiger partial charge in [-0.1, -0.05) is 19.1 Å². The van der Waals surface area contributed by atoms with Crippen molar-refractivity contribution in [3.8, 4) is 11.5 Å². The van der Waals surface area contributed by atoms with E-state index in [-0.39, 0.29) is 5.75 Å². The first-order valence-electron chi connectivity index (χ1n) is 6.38. The average molecular weight is 391 g/mol. The zero-order chi connectivity index (χ0) is 14.0. The molecule has 2 rings (SSSR count). The van der Waals surface area contributed by atoms with Crippen LogP contribution in [0.25, 0.3) is 0 Å². The van der Waals surface area contributed by atoms with Crippen molar-refractivity contribution < 1.29 is 9.84 Å². The van der Waals surface area contributed by atoms with Crippen LogP contribution in [0.4, 0.5) is 0 Å². The second-order valence-electron chi connectivity index (χ2n) is 4.98. The molecule has 3 nitrogen and oxygen atoms in total. The number of hydrogen-bond acceptors (Lipinski definition) is 3. The average Bonchev–Trinajstić information content (AvgIpc) is 2.41. The predicted molar refractivity (Wildman–Crippen MR) is 89.0 cm³/mol. The maximum Gasteiger partial charge on any atom is 0.171 e. The Morgan fingerprint density at radius 1 is 1.42 bits per heavy atom. The van der Waals surface area contributed by atoms with Gasteiger partial charge in [0.05, 0.1) is 10.7 Å². The third-order valence-corrected chi connectivity index (χ3v) is 4.88. The van der Waals surface area contributed by atoms with Gasteiger partial charge in [-0.25, -0.2) is 0 Å². The molecule has 1 aromatic carbocycles. The minimum Gasteiger partial charge on any atom is -0.504 e. The molecule has 0 bridgehead atoms. The number of likely N-dealkylation sites (tertiary alicyclic amines) is 1. The van der Waals surface area contributed by atoms with Crippen LogP contribution < -0.4 is 4.74 Å². The molecule has 1 aliphatic heterocycles. The highest BCUT2D eigenvalue weighted by Gasteiger charge is 2.20. The SMILES string of the molecule is COc1cc(C(=S)N2CCC(C)CC2)cc(I)c1O. The minimum absolute atomic E-state index is 0.182. The molecule has 1 saturated heterocycles. The van der Waals surface area contributed by atoms with Crippen molar-refractivity contribution in [2.24, 2.45) is 5.92 Å². The first-order valence-corrected chi connectivity index (χ1v) is 7.87. The van der Waals surface area contributed by atoms with Gasteiger partial charge in [0, 0.05) is 18.7 Å². The Bertz CT molecular complexity index is 485. The van der Waals surface area contributed by atoms with Crippen LogP contribution in [0.3, 0.4) is 0 Å². The van der Waals surface area contributed by atoms with Crippen LogP contribution in [0.15, 0.2) is 12.1 Å². The summed E-state index contributed by atoms with van der Waals surface area (Å²) in [6, 6.07) is 3.73. The lowest BCUT2D eigenvalue weighted by molar-refractivity contribution is 0.284. The summed E-state index contributed by atoms with van der Waals surface area (Å²) in [5.41, 5.74) is 0.948. The molecule has 0 atom stereocenters. The molecule has 0 saturated carbocycles. The van der Waals surface area contributed by atoms with E-state index in [9.17, 15) is 5.11 Å². The van der Waals surface area contributed by atoms with Gasteiger partial charge in [0.15, 0.2) is 11.5 Å². The molecule has 104 valence electrons. The van der Waals surface area contributed by atoms with Gasteiger partial charge in [-0.15, -0.1) is 0 Å². The molecule has 1 aromatic rings. The van der Waals surface area contributed by atoms with E-state index < -0.39 is 0 Å². The first-order chi connectivity index (χ1) is 9.02. The Morgan fingerprint density at radius 3 is 2.63 bits per heavy atom. The van der Waals surface area contributed by atoms with Crippen molar-refractivity contribution in [1.29, 1.82) is 0 Å². The van der Waals surface area contributed by atoms with Crippen LogP contribution in [-0.2, 0) is 0 Å². The molecular formula is C14H18INO2S. The number of phenols is 1. The minimum atomic E-state index is 0.182. The third kappa shape index (κ3) is 3.31. The molecule has 0 amide bonds. The summed E-state index contributed by atoms with van der Waals surface area (Å²) >= 11 is 7.67. The highest BCUT2D eigenvalue weighted by molar-refractivity contribution is 14.1. The van der Waals surface area contributed by atoms with Crippen LogP contribution >= 0.6 is 34.8 Å². The summed E-state index contributed by atoms with van der Waals surface area (Å²) in [7, 11) is 1.56. The number of benzene rings is 1. The van der Waals surface area contributed by atoms with Crippen LogP contribution in [0.5, 0.6) is 11.5 Å². The lowest BCUT2D eigenvalue weighted by Crippen LogP contribution is -2.37. The molecule has 5 heteroatoms. The van der Waals surface area contributed by atoms with Gasteiger partial charge in [-0.3, -0.25) is 0 Å². The Hall–Kier alpha value is -0.560. The van der Waals surface area contributed by atoms with Crippen LogP contribution in [0.1, 0.15) is 25.3 Å². The van der Waals surface area contributed by atoms with Crippen molar-refractivity contribution in [2.45, 2.75) is 19.8 Å². The van der Waals surface area contributed by atoms with E-state index in [0.29, 0.717) is 5.75 Å². The largest absolute Gasteiger partial charge is 0.504 e. The topological polar surface area (TPSA) is 32.7 Å². The standard InChI is InChI=1S/C14H18INO2S/c1-9-3-5-16(6-4-9)14(19)10-7-11(15)13(17)12(8-10)18-2/h7-9,17H,3-6H2,1-2H3. The molecule has 1 heterocycles. The molecular weight excluding hydrogens is 373 g/mol. The van der Waals surface area contributed by atoms with E-state index in [1.54, 1.807) is 7.11 Å². The van der Waals surface area contributed by atoms with E-state index in [1.807, 2.05) is 12.1 Å². The summed E-state index contributed by atoms with van der Waals surface area (Å²) in [6.07, 6.45) is 2.37. The fraction of sp³-hybridized carbons (Fsp3) is 0.500. The van der Waals surface area contributed by atoms with Crippen molar-refractivity contribution in [1.82, 2.24) is 4.90 Å². The van der Waals surface area contributed by atoms with Crippen molar-refractivity contribution in [3.05, 3.63) is 21.3 Å². The summed E-state index contributed by atoms with van der Waals surface area (Å²) < 4.78 is 5.95. The predicted octanol–water partition coefficient (Wildman–Crippen LogP) is 3.41. The smallest absolute Gasteiger partial charge is 0.171 e. The molecule has 0 spiro atoms. The number of nitrogens with zero attached hydrogens (tertiary/aromatic N) is 1. The molecule has 19 heavy (non-hydrogen) atoms. The van der Waals surface area contributed by atoms with Crippen molar-refractivity contribution in [3.63, 3.8) is 0 Å². The monoisotopic (exact) mass is 391 g/mol. The van der Waals surface area contributed by atoms with Gasteiger partial charge in [0.25, 0.3) is 0 Å². The van der Waals surface area contributed by atoms with Gasteiger partial charge < -0.3 is 14.7 Å². The van der Waals surface area contributed by atoms with Crippen molar-refractivity contribution >= 4 is 39.8 Å². The molecule has 1 N–H and O–H groups in total. The summed E-state index contributed by atoms with van der Waals surface area (Å²) in [5, 5.41) is 9.86. The Kier molecular flexibility index (Phi) is 4.89. The van der Waals surface area contributed by atoms with Gasteiger partial charge >= 0.3 is 0 Å². The van der Waals surface area contributed by atoms with E-state index in [4.69, 9.17) is 17.0 Å². The number of phenolic OH excluding ortho intramolecular Hbond substituents is 1. The molecule has 0 radical (unpaired) electrons. The molecule has 0 unspecified atom stereocenters. The second kappa shape index (κ2) is 6.26. The Balaban J connectivity index is 2.22. The number of thiocarbonyl (C=S) groups is 1. The lowest BCUT2D eigenvalue weighted by atomic mass is 9.99. The number of halogens is 1. The van der Waals surface area contributed by atoms with E-state index in [1.165, 1.54) is 12.8 Å². The molecule has 0 aromatic heterocycles. The number of aromatic hydroxyl groups is 1. The summed E-state index contributed by atoms with van der Waals surface area (Å²) in [5.74, 6) is 1.45. The molecule has 1 fully saturated rings. The van der Waals surface area contributed by atoms with Crippen molar-refractivity contribution in [2.75, 3.05) is 20.2 Å². The lowest BCUT2D eigenvalue weighted by Gasteiger charge is -2.32. The van der Waals surface area contributed by atoms with Gasteiger partial charge in [0.2, 0.25) is 0 Å².